The van der Waals surface area contributed by atoms with E-state index in [1.54, 1.807) is 48.5 Å². The predicted octanol–water partition coefficient (Wildman–Crippen LogP) is 2.45. The van der Waals surface area contributed by atoms with Gasteiger partial charge in [-0.1, -0.05) is 18.2 Å². The van der Waals surface area contributed by atoms with Crippen molar-refractivity contribution < 1.29 is 23.9 Å². The van der Waals surface area contributed by atoms with E-state index >= 15 is 0 Å². The molecule has 0 aromatic heterocycles. The summed E-state index contributed by atoms with van der Waals surface area (Å²) in [6.45, 7) is 0.937. The number of carbonyl (C=O) groups is 3. The molecule has 0 atom stereocenters. The third kappa shape index (κ3) is 5.35. The van der Waals surface area contributed by atoms with Crippen molar-refractivity contribution >= 4 is 29.2 Å². The molecule has 0 heterocycles. The van der Waals surface area contributed by atoms with Gasteiger partial charge in [0.2, 0.25) is 5.91 Å². The van der Waals surface area contributed by atoms with Crippen molar-refractivity contribution in [3.05, 3.63) is 54.1 Å². The molecule has 0 unspecified atom stereocenters. The zero-order valence-electron chi connectivity index (χ0n) is 13.9. The fraction of sp³-hybridized carbons (Fsp3) is 0.167. The van der Waals surface area contributed by atoms with Gasteiger partial charge in [-0.15, -0.1) is 0 Å². The highest BCUT2D eigenvalue weighted by atomic mass is 16.5. The number of hydrogen-bond acceptors (Lipinski definition) is 5. The zero-order valence-corrected chi connectivity index (χ0v) is 13.9. The van der Waals surface area contributed by atoms with Gasteiger partial charge in [-0.2, -0.15) is 0 Å². The maximum absolute atomic E-state index is 12.0. The number of esters is 1. The number of amides is 2. The molecule has 0 radical (unpaired) electrons. The number of anilines is 2. The van der Waals surface area contributed by atoms with E-state index in [2.05, 4.69) is 10.6 Å². The first-order valence-electron chi connectivity index (χ1n) is 7.47. The summed E-state index contributed by atoms with van der Waals surface area (Å²) in [5.74, 6) is -0.937. The van der Waals surface area contributed by atoms with E-state index in [1.807, 2.05) is 0 Å². The van der Waals surface area contributed by atoms with Gasteiger partial charge in [0.1, 0.15) is 5.75 Å². The molecule has 2 aromatic carbocycles. The lowest BCUT2D eigenvalue weighted by atomic mass is 10.2. The van der Waals surface area contributed by atoms with Gasteiger partial charge in [-0.3, -0.25) is 9.59 Å². The lowest BCUT2D eigenvalue weighted by Crippen LogP contribution is -2.21. The molecule has 0 aliphatic heterocycles. The van der Waals surface area contributed by atoms with Gasteiger partial charge in [-0.25, -0.2) is 4.79 Å². The maximum Gasteiger partial charge on any atom is 0.338 e. The fourth-order valence-electron chi connectivity index (χ4n) is 2.06. The number of carbonyl (C=O) groups excluding carboxylic acids is 3. The molecule has 0 aliphatic rings. The van der Waals surface area contributed by atoms with Crippen LogP contribution in [0.5, 0.6) is 5.75 Å². The van der Waals surface area contributed by atoms with Gasteiger partial charge in [0, 0.05) is 12.6 Å². The van der Waals surface area contributed by atoms with Gasteiger partial charge in [0.15, 0.2) is 6.61 Å². The SMILES string of the molecule is COc1ccc(NC(C)=O)cc1NC(=O)COC(=O)c1ccccc1. The van der Waals surface area contributed by atoms with Crippen molar-refractivity contribution in [3.63, 3.8) is 0 Å². The highest BCUT2D eigenvalue weighted by molar-refractivity contribution is 5.97. The number of methoxy groups -OCH3 is 1. The Kier molecular flexibility index (Phi) is 6.11. The van der Waals surface area contributed by atoms with Crippen LogP contribution in [-0.2, 0) is 14.3 Å². The Labute approximate surface area is 144 Å². The third-order valence-corrected chi connectivity index (χ3v) is 3.14. The number of benzene rings is 2. The average Bonchev–Trinajstić information content (AvgIpc) is 2.60. The van der Waals surface area contributed by atoms with Crippen molar-refractivity contribution in [2.75, 3.05) is 24.4 Å². The first-order valence-corrected chi connectivity index (χ1v) is 7.47. The van der Waals surface area contributed by atoms with Crippen LogP contribution in [0.15, 0.2) is 48.5 Å². The van der Waals surface area contributed by atoms with Crippen molar-refractivity contribution in [2.45, 2.75) is 6.92 Å². The number of ether oxygens (including phenoxy) is 2. The summed E-state index contributed by atoms with van der Waals surface area (Å²) in [7, 11) is 1.46. The van der Waals surface area contributed by atoms with Crippen LogP contribution in [0.3, 0.4) is 0 Å². The molecule has 0 spiro atoms. The van der Waals surface area contributed by atoms with Crippen molar-refractivity contribution in [1.29, 1.82) is 0 Å². The van der Waals surface area contributed by atoms with Crippen LogP contribution in [0.4, 0.5) is 11.4 Å². The third-order valence-electron chi connectivity index (χ3n) is 3.14. The van der Waals surface area contributed by atoms with Gasteiger partial charge in [0.25, 0.3) is 5.91 Å². The molecule has 0 fully saturated rings. The molecule has 2 N–H and O–H groups in total. The molecule has 2 rings (SSSR count). The molecule has 0 saturated carbocycles. The van der Waals surface area contributed by atoms with Crippen LogP contribution in [0.2, 0.25) is 0 Å². The van der Waals surface area contributed by atoms with Gasteiger partial charge in [0.05, 0.1) is 18.4 Å². The van der Waals surface area contributed by atoms with Crippen molar-refractivity contribution in [3.8, 4) is 5.75 Å². The average molecular weight is 342 g/mol. The Balaban J connectivity index is 1.99. The first-order chi connectivity index (χ1) is 12.0. The smallest absolute Gasteiger partial charge is 0.338 e. The quantitative estimate of drug-likeness (QED) is 0.787. The Bertz CT molecular complexity index is 774. The Morgan fingerprint density at radius 3 is 2.36 bits per heavy atom. The molecule has 7 heteroatoms. The minimum absolute atomic E-state index is 0.237. The van der Waals surface area contributed by atoms with Crippen LogP contribution in [0.1, 0.15) is 17.3 Å². The standard InChI is InChI=1S/C18H18N2O5/c1-12(21)19-14-8-9-16(24-2)15(10-14)20-17(22)11-25-18(23)13-6-4-3-5-7-13/h3-10H,11H2,1-2H3,(H,19,21)(H,20,22). The minimum atomic E-state index is -0.588. The fourth-order valence-corrected chi connectivity index (χ4v) is 2.06. The van der Waals surface area contributed by atoms with Crippen LogP contribution in [0.25, 0.3) is 0 Å². The molecule has 7 nitrogen and oxygen atoms in total. The molecular formula is C18H18N2O5. The minimum Gasteiger partial charge on any atom is -0.495 e. The predicted molar refractivity (Wildman–Crippen MR) is 92.7 cm³/mol. The zero-order chi connectivity index (χ0) is 18.2. The van der Waals surface area contributed by atoms with E-state index in [0.717, 1.165) is 0 Å². The largest absolute Gasteiger partial charge is 0.495 e. The molecule has 0 saturated heterocycles. The Hall–Kier alpha value is -3.35. The van der Waals surface area contributed by atoms with E-state index in [9.17, 15) is 14.4 Å². The molecular weight excluding hydrogens is 324 g/mol. The molecule has 25 heavy (non-hydrogen) atoms. The second-order valence-electron chi connectivity index (χ2n) is 5.09. The Morgan fingerprint density at radius 1 is 1.00 bits per heavy atom. The highest BCUT2D eigenvalue weighted by Gasteiger charge is 2.12. The maximum atomic E-state index is 12.0. The first kappa shape index (κ1) is 18.0. The lowest BCUT2D eigenvalue weighted by Gasteiger charge is -2.12. The van der Waals surface area contributed by atoms with E-state index in [0.29, 0.717) is 22.7 Å². The lowest BCUT2D eigenvalue weighted by molar-refractivity contribution is -0.119. The molecule has 130 valence electrons. The topological polar surface area (TPSA) is 93.7 Å². The van der Waals surface area contributed by atoms with E-state index in [-0.39, 0.29) is 5.91 Å². The Morgan fingerprint density at radius 2 is 1.72 bits per heavy atom. The molecule has 2 aromatic rings. The summed E-state index contributed by atoms with van der Waals surface area (Å²) < 4.78 is 10.1. The van der Waals surface area contributed by atoms with Crippen LogP contribution in [-0.4, -0.2) is 31.5 Å². The van der Waals surface area contributed by atoms with Crippen LogP contribution < -0.4 is 15.4 Å². The van der Waals surface area contributed by atoms with Crippen LogP contribution in [0, 0.1) is 0 Å². The van der Waals surface area contributed by atoms with Crippen molar-refractivity contribution in [1.82, 2.24) is 0 Å². The monoisotopic (exact) mass is 342 g/mol. The van der Waals surface area contributed by atoms with Gasteiger partial charge >= 0.3 is 5.97 Å². The van der Waals surface area contributed by atoms with Crippen LogP contribution >= 0.6 is 0 Å². The molecule has 0 aliphatic carbocycles. The van der Waals surface area contributed by atoms with E-state index in [1.165, 1.54) is 14.0 Å². The summed E-state index contributed by atoms with van der Waals surface area (Å²) in [5.41, 5.74) is 1.22. The normalized spacial score (nSPS) is 9.84. The van der Waals surface area contributed by atoms with E-state index in [4.69, 9.17) is 9.47 Å². The molecule has 2 amide bonds. The molecule has 0 bridgehead atoms. The van der Waals surface area contributed by atoms with Crippen molar-refractivity contribution in [2.24, 2.45) is 0 Å². The van der Waals surface area contributed by atoms with Gasteiger partial charge in [-0.05, 0) is 30.3 Å². The summed E-state index contributed by atoms with van der Waals surface area (Å²) >= 11 is 0. The van der Waals surface area contributed by atoms with Gasteiger partial charge < -0.3 is 20.1 Å². The van der Waals surface area contributed by atoms with E-state index < -0.39 is 18.5 Å². The second-order valence-corrected chi connectivity index (χ2v) is 5.09. The number of nitrogens with one attached hydrogen (secondary N) is 2. The summed E-state index contributed by atoms with van der Waals surface area (Å²) in [5, 5.41) is 5.20. The highest BCUT2D eigenvalue weighted by Crippen LogP contribution is 2.27. The second kappa shape index (κ2) is 8.49. The summed E-state index contributed by atoms with van der Waals surface area (Å²) in [6.07, 6.45) is 0. The number of hydrogen-bond donors (Lipinski definition) is 2. The number of rotatable bonds is 6. The summed E-state index contributed by atoms with van der Waals surface area (Å²) in [6, 6.07) is 13.2. The summed E-state index contributed by atoms with van der Waals surface area (Å²) in [4.78, 5) is 35.0.